The maximum absolute atomic E-state index is 12.3. The Morgan fingerprint density at radius 1 is 1.10 bits per heavy atom. The number of ether oxygens (including phenoxy) is 2. The molecule has 1 amide bonds. The van der Waals surface area contributed by atoms with Crippen LogP contribution in [0, 0.1) is 0 Å². The molecule has 41 heavy (non-hydrogen) atoms. The third kappa shape index (κ3) is 6.05. The molecular formula is C28H37ClN6O5S. The molecule has 5 heterocycles. The molecule has 0 atom stereocenters. The molecule has 3 fully saturated rings. The fourth-order valence-electron chi connectivity index (χ4n) is 5.96. The minimum Gasteiger partial charge on any atom is -0.485 e. The molecule has 11 nitrogen and oxygen atoms in total. The normalized spacial score (nSPS) is 21.6. The summed E-state index contributed by atoms with van der Waals surface area (Å²) in [4.78, 5) is 27.5. The Kier molecular flexibility index (Phi) is 7.44. The number of aromatic nitrogens is 2. The fraction of sp³-hybridized carbons (Fsp3) is 0.607. The Labute approximate surface area is 246 Å². The van der Waals surface area contributed by atoms with Crippen molar-refractivity contribution in [3.63, 3.8) is 0 Å². The van der Waals surface area contributed by atoms with Crippen LogP contribution in [0.15, 0.2) is 18.5 Å². The van der Waals surface area contributed by atoms with Crippen molar-refractivity contribution in [1.29, 1.82) is 0 Å². The SMILES string of the molecule is CC(C)(C)OC(=O)N1CC(N2CCC(c3cc(Cl)c4c(c3)Nc3ncnc(N5CCS(=O)(=O)CC5)c3CO4)CC2)C1. The molecule has 1 aromatic heterocycles. The summed E-state index contributed by atoms with van der Waals surface area (Å²) in [5.41, 5.74) is 2.24. The van der Waals surface area contributed by atoms with Crippen LogP contribution in [0.5, 0.6) is 5.75 Å². The van der Waals surface area contributed by atoms with Gasteiger partial charge in [-0.25, -0.2) is 23.2 Å². The van der Waals surface area contributed by atoms with Gasteiger partial charge in [0.25, 0.3) is 0 Å². The Morgan fingerprint density at radius 3 is 2.49 bits per heavy atom. The molecule has 0 bridgehead atoms. The first-order chi connectivity index (χ1) is 19.5. The first-order valence-electron chi connectivity index (χ1n) is 14.2. The van der Waals surface area contributed by atoms with E-state index in [1.807, 2.05) is 31.7 Å². The summed E-state index contributed by atoms with van der Waals surface area (Å²) in [6, 6.07) is 4.49. The van der Waals surface area contributed by atoms with Gasteiger partial charge >= 0.3 is 6.09 Å². The highest BCUT2D eigenvalue weighted by Gasteiger charge is 2.38. The topological polar surface area (TPSA) is 117 Å². The van der Waals surface area contributed by atoms with E-state index in [1.165, 1.54) is 6.33 Å². The number of amides is 1. The summed E-state index contributed by atoms with van der Waals surface area (Å²) in [6.07, 6.45) is 3.26. The van der Waals surface area contributed by atoms with E-state index >= 15 is 0 Å². The smallest absolute Gasteiger partial charge is 0.410 e. The number of sulfone groups is 1. The number of anilines is 3. The number of carbonyl (C=O) groups is 1. The number of rotatable bonds is 3. The van der Waals surface area contributed by atoms with Crippen LogP contribution in [0.2, 0.25) is 5.02 Å². The van der Waals surface area contributed by atoms with Gasteiger partial charge in [-0.3, -0.25) is 4.90 Å². The molecule has 222 valence electrons. The number of hydrogen-bond donors (Lipinski definition) is 1. The lowest BCUT2D eigenvalue weighted by molar-refractivity contribution is -0.0196. The van der Waals surface area contributed by atoms with Crippen molar-refractivity contribution in [2.75, 3.05) is 61.0 Å². The van der Waals surface area contributed by atoms with Gasteiger partial charge in [0.15, 0.2) is 15.6 Å². The lowest BCUT2D eigenvalue weighted by Crippen LogP contribution is -2.62. The Hall–Kier alpha value is -2.83. The first kappa shape index (κ1) is 28.3. The zero-order valence-electron chi connectivity index (χ0n) is 23.7. The highest BCUT2D eigenvalue weighted by molar-refractivity contribution is 7.91. The summed E-state index contributed by atoms with van der Waals surface area (Å²) >= 11 is 6.77. The maximum Gasteiger partial charge on any atom is 0.410 e. The van der Waals surface area contributed by atoms with Gasteiger partial charge in [0.2, 0.25) is 0 Å². The zero-order valence-corrected chi connectivity index (χ0v) is 25.3. The third-order valence-corrected chi connectivity index (χ3v) is 10.2. The van der Waals surface area contributed by atoms with Crippen molar-refractivity contribution in [3.05, 3.63) is 34.6 Å². The molecule has 0 aliphatic carbocycles. The molecule has 4 aliphatic rings. The lowest BCUT2D eigenvalue weighted by atomic mass is 9.88. The van der Waals surface area contributed by atoms with Crippen molar-refractivity contribution in [2.24, 2.45) is 0 Å². The summed E-state index contributed by atoms with van der Waals surface area (Å²) < 4.78 is 35.5. The third-order valence-electron chi connectivity index (χ3n) is 8.28. The number of hydrogen-bond acceptors (Lipinski definition) is 10. The molecule has 3 saturated heterocycles. The standard InChI is InChI=1S/C28H37ClN6O5S/c1-28(2,3)40-27(36)35-14-20(15-35)33-6-4-18(5-7-33)19-12-22(29)24-23(13-19)32-25-21(16-39-24)26(31-17-30-25)34-8-10-41(37,38)11-9-34/h12-13,17-18,20H,4-11,14-16H2,1-3H3,(H,30,31,32). The van der Waals surface area contributed by atoms with Crippen LogP contribution in [0.25, 0.3) is 0 Å². The van der Waals surface area contributed by atoms with E-state index in [1.54, 1.807) is 4.90 Å². The minimum atomic E-state index is -3.01. The summed E-state index contributed by atoms with van der Waals surface area (Å²) in [6.45, 7) is 10.0. The number of halogens is 1. The summed E-state index contributed by atoms with van der Waals surface area (Å²) in [5, 5.41) is 3.98. The monoisotopic (exact) mass is 604 g/mol. The Morgan fingerprint density at radius 2 is 1.80 bits per heavy atom. The molecule has 6 rings (SSSR count). The molecule has 13 heteroatoms. The van der Waals surface area contributed by atoms with Gasteiger partial charge in [0.05, 0.1) is 27.8 Å². The van der Waals surface area contributed by atoms with E-state index in [2.05, 4.69) is 26.3 Å². The second kappa shape index (κ2) is 10.8. The predicted octanol–water partition coefficient (Wildman–Crippen LogP) is 3.80. The van der Waals surface area contributed by atoms with Gasteiger partial charge in [0, 0.05) is 32.2 Å². The molecule has 1 aromatic carbocycles. The van der Waals surface area contributed by atoms with Crippen LogP contribution in [-0.4, -0.2) is 96.7 Å². The average Bonchev–Trinajstić information content (AvgIpc) is 3.07. The van der Waals surface area contributed by atoms with E-state index in [0.29, 0.717) is 60.5 Å². The van der Waals surface area contributed by atoms with E-state index in [4.69, 9.17) is 21.1 Å². The lowest BCUT2D eigenvalue weighted by Gasteiger charge is -2.47. The molecule has 0 unspecified atom stereocenters. The van der Waals surface area contributed by atoms with Crippen molar-refractivity contribution in [3.8, 4) is 5.75 Å². The second-order valence-corrected chi connectivity index (χ2v) is 15.0. The van der Waals surface area contributed by atoms with Gasteiger partial charge in [0.1, 0.15) is 30.2 Å². The van der Waals surface area contributed by atoms with Crippen LogP contribution >= 0.6 is 11.6 Å². The number of nitrogens with zero attached hydrogens (tertiary/aromatic N) is 5. The van der Waals surface area contributed by atoms with Crippen LogP contribution in [0.4, 0.5) is 22.1 Å². The van der Waals surface area contributed by atoms with Crippen molar-refractivity contribution < 1.29 is 22.7 Å². The quantitative estimate of drug-likeness (QED) is 0.554. The number of carbonyl (C=O) groups excluding carboxylic acids is 1. The van der Waals surface area contributed by atoms with Gasteiger partial charge < -0.3 is 24.6 Å². The zero-order chi connectivity index (χ0) is 28.9. The largest absolute Gasteiger partial charge is 0.485 e. The highest BCUT2D eigenvalue weighted by Crippen LogP contribution is 2.44. The number of benzene rings is 1. The summed E-state index contributed by atoms with van der Waals surface area (Å²) in [7, 11) is -3.01. The molecule has 0 spiro atoms. The number of piperidine rings is 1. The Balaban J connectivity index is 1.11. The maximum atomic E-state index is 12.3. The van der Waals surface area contributed by atoms with Crippen molar-refractivity contribution in [1.82, 2.24) is 19.8 Å². The first-order valence-corrected chi connectivity index (χ1v) is 16.4. The van der Waals surface area contributed by atoms with Gasteiger partial charge in [-0.2, -0.15) is 0 Å². The highest BCUT2D eigenvalue weighted by atomic mass is 35.5. The predicted molar refractivity (Wildman–Crippen MR) is 157 cm³/mol. The van der Waals surface area contributed by atoms with Gasteiger partial charge in [-0.1, -0.05) is 11.6 Å². The number of likely N-dealkylation sites (tertiary alicyclic amines) is 2. The van der Waals surface area contributed by atoms with E-state index in [-0.39, 0.29) is 24.2 Å². The summed E-state index contributed by atoms with van der Waals surface area (Å²) in [5.74, 6) is 2.49. The molecule has 1 N–H and O–H groups in total. The second-order valence-electron chi connectivity index (χ2n) is 12.3. The molecule has 2 aromatic rings. The molecular weight excluding hydrogens is 568 g/mol. The van der Waals surface area contributed by atoms with E-state index in [0.717, 1.165) is 42.7 Å². The van der Waals surface area contributed by atoms with Crippen LogP contribution in [0.1, 0.15) is 50.7 Å². The van der Waals surface area contributed by atoms with Crippen LogP contribution < -0.4 is 15.0 Å². The molecule has 4 aliphatic heterocycles. The average molecular weight is 605 g/mol. The van der Waals surface area contributed by atoms with E-state index < -0.39 is 15.4 Å². The van der Waals surface area contributed by atoms with Gasteiger partial charge in [-0.05, 0) is 70.3 Å². The minimum absolute atomic E-state index is 0.108. The Bertz CT molecular complexity index is 1420. The fourth-order valence-corrected chi connectivity index (χ4v) is 7.45. The molecule has 0 saturated carbocycles. The molecule has 0 radical (unpaired) electrons. The van der Waals surface area contributed by atoms with Crippen molar-refractivity contribution in [2.45, 2.75) is 57.8 Å². The van der Waals surface area contributed by atoms with Crippen LogP contribution in [0.3, 0.4) is 0 Å². The number of nitrogens with one attached hydrogen (secondary N) is 1. The van der Waals surface area contributed by atoms with Crippen molar-refractivity contribution >= 4 is 44.9 Å². The van der Waals surface area contributed by atoms with Crippen LogP contribution in [-0.2, 0) is 21.2 Å². The van der Waals surface area contributed by atoms with Gasteiger partial charge in [-0.15, -0.1) is 0 Å². The van der Waals surface area contributed by atoms with E-state index in [9.17, 15) is 13.2 Å². The number of fused-ring (bicyclic) bond motifs is 2.